The minimum atomic E-state index is -2.68. The summed E-state index contributed by atoms with van der Waals surface area (Å²) in [6.07, 6.45) is -0.762. The molecule has 3 aliphatic rings. The predicted octanol–water partition coefficient (Wildman–Crippen LogP) is 1.08. The van der Waals surface area contributed by atoms with Gasteiger partial charge in [-0.3, -0.25) is 19.3 Å². The van der Waals surface area contributed by atoms with Crippen molar-refractivity contribution < 1.29 is 39.5 Å². The zero-order chi connectivity index (χ0) is 24.4. The van der Waals surface area contributed by atoms with E-state index in [9.17, 15) is 34.8 Å². The van der Waals surface area contributed by atoms with E-state index in [1.165, 1.54) is 11.0 Å². The summed E-state index contributed by atoms with van der Waals surface area (Å²) < 4.78 is 5.98. The Morgan fingerprint density at radius 2 is 1.88 bits per heavy atom. The molecule has 1 fully saturated rings. The molecule has 0 aromatic heterocycles. The number of ketones is 3. The summed E-state index contributed by atoms with van der Waals surface area (Å²) in [4.78, 5) is 40.9. The van der Waals surface area contributed by atoms with E-state index in [0.717, 1.165) is 6.92 Å². The van der Waals surface area contributed by atoms with Crippen LogP contribution in [0.15, 0.2) is 35.1 Å². The molecule has 0 heterocycles. The number of hydrogen-bond donors (Lipinski definition) is 4. The lowest BCUT2D eigenvalue weighted by molar-refractivity contribution is -0.174. The summed E-state index contributed by atoms with van der Waals surface area (Å²) in [6.45, 7) is 2.95. The number of phenolic OH excluding ortho intramolecular Hbond substituents is 1. The van der Waals surface area contributed by atoms with E-state index >= 15 is 0 Å². The summed E-state index contributed by atoms with van der Waals surface area (Å²) in [5, 5.41) is 44.2. The van der Waals surface area contributed by atoms with Crippen molar-refractivity contribution in [1.82, 2.24) is 4.90 Å². The molecule has 0 amide bonds. The van der Waals surface area contributed by atoms with Crippen LogP contribution in [0, 0.1) is 11.8 Å². The Morgan fingerprint density at radius 3 is 2.45 bits per heavy atom. The van der Waals surface area contributed by atoms with Crippen molar-refractivity contribution in [1.29, 1.82) is 0 Å². The second kappa shape index (κ2) is 7.79. The lowest BCUT2D eigenvalue weighted by atomic mass is 9.56. The minimum absolute atomic E-state index is 0.0701. The number of fused-ring (bicyclic) bond motifs is 3. The van der Waals surface area contributed by atoms with Gasteiger partial charge in [-0.2, -0.15) is 0 Å². The van der Waals surface area contributed by atoms with Crippen molar-refractivity contribution in [2.75, 3.05) is 20.7 Å². The van der Waals surface area contributed by atoms with Crippen molar-refractivity contribution in [2.24, 2.45) is 11.8 Å². The van der Waals surface area contributed by atoms with Gasteiger partial charge in [-0.25, -0.2) is 0 Å². The normalized spacial score (nSPS) is 31.5. The van der Waals surface area contributed by atoms with Gasteiger partial charge < -0.3 is 25.2 Å². The number of hydrogen-bond acceptors (Lipinski definition) is 9. The first kappa shape index (κ1) is 23.2. The maximum atomic E-state index is 13.8. The lowest BCUT2D eigenvalue weighted by Gasteiger charge is -2.53. The maximum Gasteiger partial charge on any atom is 0.202 e. The number of Topliss-reactive ketones (excluding diaryl/α,β-unsaturated/α-hetero) is 3. The van der Waals surface area contributed by atoms with Crippen molar-refractivity contribution in [3.8, 4) is 5.75 Å². The van der Waals surface area contributed by atoms with Crippen LogP contribution < -0.4 is 0 Å². The first-order valence-corrected chi connectivity index (χ1v) is 10.8. The van der Waals surface area contributed by atoms with Crippen LogP contribution in [-0.2, 0) is 25.5 Å². The van der Waals surface area contributed by atoms with E-state index in [1.807, 2.05) is 0 Å². The molecule has 3 aliphatic carbocycles. The van der Waals surface area contributed by atoms with E-state index in [-0.39, 0.29) is 29.9 Å². The molecule has 1 aromatic carbocycles. The molecule has 4 N–H and O–H groups in total. The van der Waals surface area contributed by atoms with Crippen LogP contribution in [0.3, 0.4) is 0 Å². The van der Waals surface area contributed by atoms with Crippen LogP contribution >= 0.6 is 0 Å². The second-order valence-corrected chi connectivity index (χ2v) is 8.98. The molecular formula is C24H27NO8. The zero-order valence-corrected chi connectivity index (χ0v) is 18.8. The summed E-state index contributed by atoms with van der Waals surface area (Å²) in [5.74, 6) is -6.28. The van der Waals surface area contributed by atoms with Crippen molar-refractivity contribution >= 4 is 23.1 Å². The quantitative estimate of drug-likeness (QED) is 0.488. The third kappa shape index (κ3) is 2.99. The first-order valence-electron chi connectivity index (χ1n) is 10.8. The largest absolute Gasteiger partial charge is 0.508 e. The highest BCUT2D eigenvalue weighted by atomic mass is 16.5. The molecule has 9 heteroatoms. The summed E-state index contributed by atoms with van der Waals surface area (Å²) in [6, 6.07) is 3.55. The lowest BCUT2D eigenvalue weighted by Crippen LogP contribution is -2.70. The molecule has 0 saturated heterocycles. The third-order valence-electron chi connectivity index (χ3n) is 6.98. The maximum absolute atomic E-state index is 13.8. The van der Waals surface area contributed by atoms with Crippen LogP contribution in [0.4, 0.5) is 0 Å². The number of likely N-dealkylation sites (N-methyl/N-ethyl adjacent to an activating group) is 1. The number of ether oxygens (including phenoxy) is 1. The molecule has 0 spiro atoms. The van der Waals surface area contributed by atoms with Crippen LogP contribution in [0.2, 0.25) is 0 Å². The molecule has 4 rings (SSSR count). The number of aliphatic hydroxyl groups excluding tert-OH is 2. The average Bonchev–Trinajstić information content (AvgIpc) is 2.72. The summed E-state index contributed by atoms with van der Waals surface area (Å²) in [5.41, 5.74) is -2.88. The molecule has 5 atom stereocenters. The molecule has 9 nitrogen and oxygen atoms in total. The smallest absolute Gasteiger partial charge is 0.202 e. The fraction of sp³-hybridized carbons (Fsp3) is 0.458. The Bertz CT molecular complexity index is 1130. The molecule has 0 aliphatic heterocycles. The highest BCUT2D eigenvalue weighted by Gasteiger charge is 2.67. The standard InChI is InChI=1S/C24H27NO8/c1-5-33-21-12-9-11-7-6-8-13(27)15(11)19(28)16(12)23(31)24(32)17(21)18(25(3)4)20(29)14(10(2)26)22(24)30/h6-8,12,17-18,21,27-28,30,32H,5,9H2,1-4H3/t12-,17-,18+,21+,24-/m1/s1. The first-order chi connectivity index (χ1) is 15.5. The SMILES string of the molecule is CCO[C@@H]1[C@H]2[C@H](N(C)C)C(=O)C(C(C)=O)=C(O)[C@@]2(O)C(=O)C2=C(O)c3c(O)cccc3C[C@H]21. The van der Waals surface area contributed by atoms with Gasteiger partial charge >= 0.3 is 0 Å². The van der Waals surface area contributed by atoms with Crippen LogP contribution in [0.1, 0.15) is 25.0 Å². The van der Waals surface area contributed by atoms with Gasteiger partial charge in [-0.05, 0) is 46.0 Å². The molecule has 176 valence electrons. The molecule has 0 radical (unpaired) electrons. The molecule has 1 aromatic rings. The van der Waals surface area contributed by atoms with Crippen LogP contribution in [-0.4, -0.2) is 81.1 Å². The third-order valence-corrected chi connectivity index (χ3v) is 6.98. The summed E-state index contributed by atoms with van der Waals surface area (Å²) >= 11 is 0. The number of aromatic hydroxyl groups is 1. The Hall–Kier alpha value is -3.01. The highest BCUT2D eigenvalue weighted by molar-refractivity contribution is 6.25. The fourth-order valence-corrected chi connectivity index (χ4v) is 5.68. The number of phenols is 1. The average molecular weight is 457 g/mol. The van der Waals surface area contributed by atoms with E-state index < -0.39 is 64.0 Å². The van der Waals surface area contributed by atoms with E-state index in [0.29, 0.717) is 5.56 Å². The van der Waals surface area contributed by atoms with Gasteiger partial charge in [0.2, 0.25) is 5.78 Å². The van der Waals surface area contributed by atoms with Gasteiger partial charge in [0.25, 0.3) is 0 Å². The van der Waals surface area contributed by atoms with Crippen LogP contribution in [0.5, 0.6) is 5.75 Å². The Kier molecular flexibility index (Phi) is 5.47. The Labute approximate surface area is 190 Å². The second-order valence-electron chi connectivity index (χ2n) is 8.98. The van der Waals surface area contributed by atoms with Crippen molar-refractivity contribution in [3.05, 3.63) is 46.2 Å². The van der Waals surface area contributed by atoms with E-state index in [1.54, 1.807) is 33.2 Å². The summed E-state index contributed by atoms with van der Waals surface area (Å²) in [7, 11) is 3.15. The predicted molar refractivity (Wildman–Crippen MR) is 117 cm³/mol. The number of nitrogens with zero attached hydrogens (tertiary/aromatic N) is 1. The number of carbonyl (C=O) groups excluding carboxylic acids is 3. The number of benzene rings is 1. The molecule has 0 unspecified atom stereocenters. The van der Waals surface area contributed by atoms with E-state index in [2.05, 4.69) is 0 Å². The molecule has 0 bridgehead atoms. The topological polar surface area (TPSA) is 145 Å². The van der Waals surface area contributed by atoms with Gasteiger partial charge in [-0.15, -0.1) is 0 Å². The Balaban J connectivity index is 2.06. The van der Waals surface area contributed by atoms with Crippen molar-refractivity contribution in [3.63, 3.8) is 0 Å². The minimum Gasteiger partial charge on any atom is -0.508 e. The van der Waals surface area contributed by atoms with Gasteiger partial charge in [0.15, 0.2) is 17.2 Å². The van der Waals surface area contributed by atoms with Gasteiger partial charge in [0.1, 0.15) is 22.8 Å². The Morgan fingerprint density at radius 1 is 1.21 bits per heavy atom. The highest BCUT2D eigenvalue weighted by Crippen LogP contribution is 2.53. The molecule has 33 heavy (non-hydrogen) atoms. The number of aliphatic hydroxyl groups is 3. The van der Waals surface area contributed by atoms with Crippen LogP contribution in [0.25, 0.3) is 5.76 Å². The fourth-order valence-electron chi connectivity index (χ4n) is 5.68. The molecular weight excluding hydrogens is 430 g/mol. The van der Waals surface area contributed by atoms with Gasteiger partial charge in [0, 0.05) is 18.1 Å². The van der Waals surface area contributed by atoms with Gasteiger partial charge in [-0.1, -0.05) is 12.1 Å². The number of carbonyl (C=O) groups is 3. The zero-order valence-electron chi connectivity index (χ0n) is 18.8. The number of rotatable bonds is 4. The van der Waals surface area contributed by atoms with Crippen molar-refractivity contribution in [2.45, 2.75) is 38.0 Å². The monoisotopic (exact) mass is 457 g/mol. The van der Waals surface area contributed by atoms with Gasteiger partial charge in [0.05, 0.1) is 23.6 Å². The van der Waals surface area contributed by atoms with E-state index in [4.69, 9.17) is 4.74 Å². The molecule has 1 saturated carbocycles.